The van der Waals surface area contributed by atoms with Gasteiger partial charge in [-0.1, -0.05) is 45.4 Å². The molecule has 182 valence electrons. The van der Waals surface area contributed by atoms with E-state index < -0.39 is 6.04 Å². The predicted molar refractivity (Wildman–Crippen MR) is 130 cm³/mol. The van der Waals surface area contributed by atoms with Gasteiger partial charge in [-0.05, 0) is 43.2 Å². The van der Waals surface area contributed by atoms with Crippen LogP contribution in [-0.4, -0.2) is 84.3 Å². The van der Waals surface area contributed by atoms with Crippen LogP contribution in [0.5, 0.6) is 0 Å². The van der Waals surface area contributed by atoms with Crippen LogP contribution < -0.4 is 5.32 Å². The molecule has 3 unspecified atom stereocenters. The van der Waals surface area contributed by atoms with Crippen LogP contribution in [0.3, 0.4) is 0 Å². The molecular weight excluding hydrogens is 416 g/mol. The first kappa shape index (κ1) is 25.2. The molecule has 0 radical (unpaired) electrons. The van der Waals surface area contributed by atoms with E-state index in [1.54, 1.807) is 6.07 Å². The van der Waals surface area contributed by atoms with Crippen LogP contribution in [0.25, 0.3) is 0 Å². The monoisotopic (exact) mass is 456 g/mol. The fourth-order valence-corrected chi connectivity index (χ4v) is 5.01. The van der Waals surface area contributed by atoms with Crippen LogP contribution >= 0.6 is 0 Å². The highest BCUT2D eigenvalue weighted by molar-refractivity contribution is 5.97. The third-order valence-corrected chi connectivity index (χ3v) is 6.76. The third kappa shape index (κ3) is 6.79. The van der Waals surface area contributed by atoms with Crippen molar-refractivity contribution in [3.8, 4) is 0 Å². The highest BCUT2D eigenvalue weighted by atomic mass is 16.2. The van der Waals surface area contributed by atoms with Crippen molar-refractivity contribution in [1.82, 2.24) is 20.0 Å². The van der Waals surface area contributed by atoms with Crippen LogP contribution in [-0.2, 0) is 9.59 Å². The van der Waals surface area contributed by atoms with Crippen LogP contribution in [0.2, 0.25) is 0 Å². The second-order valence-electron chi connectivity index (χ2n) is 10.4. The number of hydrogen-bond donors (Lipinski definition) is 1. The number of benzene rings is 1. The molecule has 0 bridgehead atoms. The maximum atomic E-state index is 13.2. The summed E-state index contributed by atoms with van der Waals surface area (Å²) in [6, 6.07) is 6.82. The van der Waals surface area contributed by atoms with Gasteiger partial charge in [-0.2, -0.15) is 0 Å². The Labute approximate surface area is 198 Å². The van der Waals surface area contributed by atoms with Crippen molar-refractivity contribution in [2.45, 2.75) is 47.1 Å². The van der Waals surface area contributed by atoms with E-state index in [4.69, 9.17) is 0 Å². The summed E-state index contributed by atoms with van der Waals surface area (Å²) in [6.45, 7) is 14.9. The second-order valence-corrected chi connectivity index (χ2v) is 10.4. The van der Waals surface area contributed by atoms with Crippen molar-refractivity contribution in [3.05, 3.63) is 35.4 Å². The number of hydrogen-bond acceptors (Lipinski definition) is 4. The lowest BCUT2D eigenvalue weighted by Gasteiger charge is -2.39. The van der Waals surface area contributed by atoms with Crippen molar-refractivity contribution in [2.75, 3.05) is 45.8 Å². The van der Waals surface area contributed by atoms with E-state index in [2.05, 4.69) is 24.1 Å². The van der Waals surface area contributed by atoms with Crippen LogP contribution in [0.15, 0.2) is 24.3 Å². The molecule has 1 N–H and O–H groups in total. The molecule has 1 aromatic rings. The molecule has 7 nitrogen and oxygen atoms in total. The number of likely N-dealkylation sites (tertiary alicyclic amines) is 1. The van der Waals surface area contributed by atoms with E-state index in [1.165, 1.54) is 6.42 Å². The van der Waals surface area contributed by atoms with E-state index in [1.807, 2.05) is 48.8 Å². The lowest BCUT2D eigenvalue weighted by molar-refractivity contribution is -0.138. The number of nitrogens with zero attached hydrogens (tertiary/aromatic N) is 3. The van der Waals surface area contributed by atoms with Crippen molar-refractivity contribution in [1.29, 1.82) is 0 Å². The molecule has 2 heterocycles. The highest BCUT2D eigenvalue weighted by Crippen LogP contribution is 2.21. The molecular formula is C26H40N4O3. The fourth-order valence-electron chi connectivity index (χ4n) is 5.01. The molecule has 0 saturated carbocycles. The fraction of sp³-hybridized carbons (Fsp3) is 0.654. The molecule has 0 aromatic heterocycles. The molecule has 3 amide bonds. The summed E-state index contributed by atoms with van der Waals surface area (Å²) in [5.74, 6) is 1.01. The van der Waals surface area contributed by atoms with Gasteiger partial charge in [0.1, 0.15) is 6.04 Å². The Morgan fingerprint density at radius 1 is 1.00 bits per heavy atom. The van der Waals surface area contributed by atoms with Crippen molar-refractivity contribution < 1.29 is 14.4 Å². The Morgan fingerprint density at radius 3 is 2.21 bits per heavy atom. The molecule has 2 fully saturated rings. The summed E-state index contributed by atoms with van der Waals surface area (Å²) in [5, 5.41) is 2.95. The number of piperazine rings is 1. The first-order chi connectivity index (χ1) is 15.6. The molecule has 3 rings (SSSR count). The van der Waals surface area contributed by atoms with Crippen LogP contribution in [0.4, 0.5) is 0 Å². The third-order valence-electron chi connectivity index (χ3n) is 6.76. The highest BCUT2D eigenvalue weighted by Gasteiger charge is 2.32. The Balaban J connectivity index is 1.52. The van der Waals surface area contributed by atoms with Gasteiger partial charge in [0.05, 0.1) is 6.54 Å². The average molecular weight is 457 g/mol. The Kier molecular flexibility index (Phi) is 8.51. The van der Waals surface area contributed by atoms with Crippen molar-refractivity contribution >= 4 is 17.7 Å². The molecule has 33 heavy (non-hydrogen) atoms. The summed E-state index contributed by atoms with van der Waals surface area (Å²) < 4.78 is 0. The SMILES string of the molecule is Cc1cccc(C(=O)NC(C(=O)N2CCN(CC(=O)N3CC(C)CC(C)C3)CC2)C(C)C)c1. The van der Waals surface area contributed by atoms with Gasteiger partial charge in [-0.25, -0.2) is 0 Å². The van der Waals surface area contributed by atoms with Gasteiger partial charge in [-0.15, -0.1) is 0 Å². The number of nitrogens with one attached hydrogen (secondary N) is 1. The zero-order valence-corrected chi connectivity index (χ0v) is 20.8. The molecule has 3 atom stereocenters. The van der Waals surface area contributed by atoms with Crippen LogP contribution in [0, 0.1) is 24.7 Å². The predicted octanol–water partition coefficient (Wildman–Crippen LogP) is 2.40. The Hall–Kier alpha value is -2.41. The molecule has 2 aliphatic heterocycles. The molecule has 0 aliphatic carbocycles. The van der Waals surface area contributed by atoms with E-state index >= 15 is 0 Å². The minimum absolute atomic E-state index is 0.0195. The van der Waals surface area contributed by atoms with Gasteiger partial charge >= 0.3 is 0 Å². The van der Waals surface area contributed by atoms with Gasteiger partial charge in [0.15, 0.2) is 0 Å². The zero-order chi connectivity index (χ0) is 24.1. The Morgan fingerprint density at radius 2 is 1.64 bits per heavy atom. The minimum Gasteiger partial charge on any atom is -0.341 e. The Bertz CT molecular complexity index is 838. The summed E-state index contributed by atoms with van der Waals surface area (Å²) in [4.78, 5) is 44.8. The lowest BCUT2D eigenvalue weighted by Crippen LogP contribution is -2.57. The molecule has 2 saturated heterocycles. The maximum absolute atomic E-state index is 13.2. The first-order valence-electron chi connectivity index (χ1n) is 12.3. The summed E-state index contributed by atoms with van der Waals surface area (Å²) in [5.41, 5.74) is 1.58. The summed E-state index contributed by atoms with van der Waals surface area (Å²) in [6.07, 6.45) is 1.18. The topological polar surface area (TPSA) is 73.0 Å². The van der Waals surface area contributed by atoms with Gasteiger partial charge < -0.3 is 15.1 Å². The number of rotatable bonds is 6. The summed E-state index contributed by atoms with van der Waals surface area (Å²) >= 11 is 0. The number of carbonyl (C=O) groups is 3. The van der Waals surface area contributed by atoms with E-state index in [0.29, 0.717) is 50.1 Å². The van der Waals surface area contributed by atoms with Crippen LogP contribution in [0.1, 0.15) is 50.0 Å². The standard InChI is InChI=1S/C26H40N4O3/c1-18(2)24(27-25(32)22-8-6-7-19(3)14-22)26(33)29-11-9-28(10-12-29)17-23(31)30-15-20(4)13-21(5)16-30/h6-8,14,18,20-21,24H,9-13,15-17H2,1-5H3,(H,27,32). The van der Waals surface area contributed by atoms with Crippen molar-refractivity contribution in [2.24, 2.45) is 17.8 Å². The molecule has 2 aliphatic rings. The lowest BCUT2D eigenvalue weighted by atomic mass is 9.92. The minimum atomic E-state index is -0.567. The van der Waals surface area contributed by atoms with E-state index in [0.717, 1.165) is 18.7 Å². The maximum Gasteiger partial charge on any atom is 0.251 e. The number of carbonyl (C=O) groups excluding carboxylic acids is 3. The molecule has 1 aromatic carbocycles. The number of amides is 3. The number of piperidine rings is 1. The summed E-state index contributed by atoms with van der Waals surface area (Å²) in [7, 11) is 0. The largest absolute Gasteiger partial charge is 0.341 e. The number of aryl methyl sites for hydroxylation is 1. The normalized spacial score (nSPS) is 22.8. The zero-order valence-electron chi connectivity index (χ0n) is 20.8. The van der Waals surface area contributed by atoms with Gasteiger partial charge in [0.2, 0.25) is 11.8 Å². The van der Waals surface area contributed by atoms with Crippen molar-refractivity contribution in [3.63, 3.8) is 0 Å². The van der Waals surface area contributed by atoms with E-state index in [-0.39, 0.29) is 23.6 Å². The first-order valence-corrected chi connectivity index (χ1v) is 12.3. The van der Waals surface area contributed by atoms with Gasteiger partial charge in [-0.3, -0.25) is 19.3 Å². The molecule has 0 spiro atoms. The molecule has 7 heteroatoms. The quantitative estimate of drug-likeness (QED) is 0.714. The smallest absolute Gasteiger partial charge is 0.251 e. The van der Waals surface area contributed by atoms with Gasteiger partial charge in [0.25, 0.3) is 5.91 Å². The van der Waals surface area contributed by atoms with E-state index in [9.17, 15) is 14.4 Å². The second kappa shape index (κ2) is 11.1. The average Bonchev–Trinajstić information content (AvgIpc) is 2.76. The van der Waals surface area contributed by atoms with Gasteiger partial charge in [0, 0.05) is 44.8 Å².